The number of piperidine rings is 3. The second kappa shape index (κ2) is 6.57. The molecule has 0 radical (unpaired) electrons. The lowest BCUT2D eigenvalue weighted by atomic mass is 9.84. The zero-order valence-corrected chi connectivity index (χ0v) is 14.2. The number of rotatable bonds is 5. The average molecular weight is 327 g/mol. The molecule has 0 amide bonds. The maximum Gasteiger partial charge on any atom is 0.340 e. The van der Waals surface area contributed by atoms with Crippen LogP contribution in [0, 0.1) is 5.92 Å². The molecule has 1 aromatic heterocycles. The number of esters is 1. The molecule has 4 heterocycles. The number of benzene rings is 1. The van der Waals surface area contributed by atoms with E-state index in [0.29, 0.717) is 11.6 Å². The number of carbonyl (C=O) groups excluding carboxylic acids is 1. The SMILES string of the molecule is COC(=O)c1cccc2ccn(CCNC3CN4CCC3CC4)c12. The van der Waals surface area contributed by atoms with Crippen LogP contribution in [0.15, 0.2) is 30.5 Å². The number of hydrogen-bond donors (Lipinski definition) is 1. The highest BCUT2D eigenvalue weighted by Gasteiger charge is 2.33. The summed E-state index contributed by atoms with van der Waals surface area (Å²) in [6.45, 7) is 5.51. The zero-order valence-electron chi connectivity index (χ0n) is 14.2. The van der Waals surface area contributed by atoms with E-state index in [1.165, 1.54) is 39.6 Å². The van der Waals surface area contributed by atoms with Crippen LogP contribution >= 0.6 is 0 Å². The van der Waals surface area contributed by atoms with Gasteiger partial charge in [-0.15, -0.1) is 0 Å². The fourth-order valence-corrected chi connectivity index (χ4v) is 4.29. The summed E-state index contributed by atoms with van der Waals surface area (Å²) < 4.78 is 7.09. The second-order valence-corrected chi connectivity index (χ2v) is 6.94. The topological polar surface area (TPSA) is 46.5 Å². The molecule has 0 saturated carbocycles. The summed E-state index contributed by atoms with van der Waals surface area (Å²) in [6.07, 6.45) is 4.72. The molecular weight excluding hydrogens is 302 g/mol. The van der Waals surface area contributed by atoms with Crippen molar-refractivity contribution in [1.82, 2.24) is 14.8 Å². The summed E-state index contributed by atoms with van der Waals surface area (Å²) >= 11 is 0. The van der Waals surface area contributed by atoms with Crippen molar-refractivity contribution in [3.63, 3.8) is 0 Å². The highest BCUT2D eigenvalue weighted by Crippen LogP contribution is 2.27. The summed E-state index contributed by atoms with van der Waals surface area (Å²) in [6, 6.07) is 8.47. The molecule has 1 aromatic carbocycles. The van der Waals surface area contributed by atoms with Crippen molar-refractivity contribution >= 4 is 16.9 Å². The normalized spacial score (nSPS) is 26.0. The van der Waals surface area contributed by atoms with Gasteiger partial charge in [-0.05, 0) is 44.0 Å². The number of fused-ring (bicyclic) bond motifs is 4. The number of nitrogens with zero attached hydrogens (tertiary/aromatic N) is 2. The molecule has 1 unspecified atom stereocenters. The van der Waals surface area contributed by atoms with Crippen molar-refractivity contribution in [2.75, 3.05) is 33.3 Å². The predicted octanol–water partition coefficient (Wildman–Crippen LogP) is 2.11. The van der Waals surface area contributed by atoms with Gasteiger partial charge >= 0.3 is 5.97 Å². The molecule has 3 aliphatic rings. The van der Waals surface area contributed by atoms with E-state index in [-0.39, 0.29) is 5.97 Å². The molecule has 3 aliphatic heterocycles. The Morgan fingerprint density at radius 2 is 2.12 bits per heavy atom. The Labute approximate surface area is 142 Å². The molecule has 2 aromatic rings. The summed E-state index contributed by atoms with van der Waals surface area (Å²) in [7, 11) is 1.43. The molecular formula is C19H25N3O2. The monoisotopic (exact) mass is 327 g/mol. The lowest BCUT2D eigenvalue weighted by Gasteiger charge is -2.45. The van der Waals surface area contributed by atoms with Crippen molar-refractivity contribution in [2.45, 2.75) is 25.4 Å². The highest BCUT2D eigenvalue weighted by atomic mass is 16.5. The molecule has 3 fully saturated rings. The van der Waals surface area contributed by atoms with Crippen LogP contribution in [0.4, 0.5) is 0 Å². The second-order valence-electron chi connectivity index (χ2n) is 6.94. The minimum atomic E-state index is -0.272. The van der Waals surface area contributed by atoms with E-state index in [0.717, 1.165) is 29.9 Å². The van der Waals surface area contributed by atoms with Gasteiger partial charge in [0.2, 0.25) is 0 Å². The Hall–Kier alpha value is -1.85. The molecule has 0 spiro atoms. The maximum atomic E-state index is 12.0. The van der Waals surface area contributed by atoms with Crippen molar-refractivity contribution in [1.29, 1.82) is 0 Å². The van der Waals surface area contributed by atoms with Gasteiger partial charge in [0.05, 0.1) is 18.2 Å². The first-order valence-corrected chi connectivity index (χ1v) is 8.88. The first-order chi connectivity index (χ1) is 11.8. The summed E-state index contributed by atoms with van der Waals surface area (Å²) in [5.41, 5.74) is 1.61. The number of methoxy groups -OCH3 is 1. The largest absolute Gasteiger partial charge is 0.465 e. The Kier molecular flexibility index (Phi) is 4.29. The van der Waals surface area contributed by atoms with Gasteiger partial charge in [-0.3, -0.25) is 0 Å². The maximum absolute atomic E-state index is 12.0. The summed E-state index contributed by atoms with van der Waals surface area (Å²) in [5.74, 6) is 0.563. The minimum absolute atomic E-state index is 0.272. The van der Waals surface area contributed by atoms with Crippen molar-refractivity contribution < 1.29 is 9.53 Å². The third-order valence-corrected chi connectivity index (χ3v) is 5.61. The fourth-order valence-electron chi connectivity index (χ4n) is 4.29. The van der Waals surface area contributed by atoms with Crippen LogP contribution in [-0.2, 0) is 11.3 Å². The quantitative estimate of drug-likeness (QED) is 0.855. The molecule has 1 N–H and O–H groups in total. The molecule has 128 valence electrons. The van der Waals surface area contributed by atoms with Crippen LogP contribution in [0.5, 0.6) is 0 Å². The van der Waals surface area contributed by atoms with Gasteiger partial charge in [0.15, 0.2) is 0 Å². The Balaban J connectivity index is 1.46. The summed E-state index contributed by atoms with van der Waals surface area (Å²) in [5, 5.41) is 4.82. The van der Waals surface area contributed by atoms with Crippen LogP contribution in [0.3, 0.4) is 0 Å². The third kappa shape index (κ3) is 2.82. The fraction of sp³-hybridized carbons (Fsp3) is 0.526. The number of ether oxygens (including phenoxy) is 1. The third-order valence-electron chi connectivity index (χ3n) is 5.61. The van der Waals surface area contributed by atoms with Gasteiger partial charge in [-0.2, -0.15) is 0 Å². The standard InChI is InChI=1S/C19H25N3O2/c1-24-19(23)16-4-2-3-15-7-11-22(18(15)16)12-8-20-17-13-21-9-5-14(17)6-10-21/h2-4,7,11,14,17,20H,5-6,8-10,12-13H2,1H3. The van der Waals surface area contributed by atoms with Gasteiger partial charge in [0.25, 0.3) is 0 Å². The van der Waals surface area contributed by atoms with Crippen molar-refractivity contribution in [3.8, 4) is 0 Å². The molecule has 5 nitrogen and oxygen atoms in total. The van der Waals surface area contributed by atoms with Gasteiger partial charge in [0, 0.05) is 37.3 Å². The molecule has 1 atom stereocenters. The number of aromatic nitrogens is 1. The summed E-state index contributed by atoms with van der Waals surface area (Å²) in [4.78, 5) is 14.6. The smallest absolute Gasteiger partial charge is 0.340 e. The molecule has 24 heavy (non-hydrogen) atoms. The van der Waals surface area contributed by atoms with E-state index in [2.05, 4.69) is 27.0 Å². The Bertz CT molecular complexity index is 731. The number of carbonyl (C=O) groups is 1. The number of nitrogens with one attached hydrogen (secondary N) is 1. The van der Waals surface area contributed by atoms with E-state index < -0.39 is 0 Å². The molecule has 5 heteroatoms. The average Bonchev–Trinajstić information content (AvgIpc) is 3.05. The van der Waals surface area contributed by atoms with E-state index in [4.69, 9.17) is 4.74 Å². The van der Waals surface area contributed by atoms with Crippen LogP contribution in [0.1, 0.15) is 23.2 Å². The Morgan fingerprint density at radius 3 is 2.83 bits per heavy atom. The highest BCUT2D eigenvalue weighted by molar-refractivity contribution is 6.03. The first-order valence-electron chi connectivity index (χ1n) is 8.88. The number of hydrogen-bond acceptors (Lipinski definition) is 4. The molecule has 3 saturated heterocycles. The first kappa shape index (κ1) is 15.7. The van der Waals surface area contributed by atoms with Gasteiger partial charge in [-0.25, -0.2) is 4.79 Å². The lowest BCUT2D eigenvalue weighted by Crippen LogP contribution is -2.56. The van der Waals surface area contributed by atoms with Gasteiger partial charge in [-0.1, -0.05) is 12.1 Å². The van der Waals surface area contributed by atoms with Crippen molar-refractivity contribution in [2.24, 2.45) is 5.92 Å². The predicted molar refractivity (Wildman–Crippen MR) is 94.2 cm³/mol. The van der Waals surface area contributed by atoms with E-state index in [9.17, 15) is 4.79 Å². The molecule has 0 aliphatic carbocycles. The lowest BCUT2D eigenvalue weighted by molar-refractivity contribution is 0.0602. The van der Waals surface area contributed by atoms with E-state index in [1.54, 1.807) is 0 Å². The minimum Gasteiger partial charge on any atom is -0.465 e. The molecule has 5 rings (SSSR count). The number of para-hydroxylation sites is 1. The zero-order chi connectivity index (χ0) is 16.5. The van der Waals surface area contributed by atoms with Crippen LogP contribution < -0.4 is 5.32 Å². The Morgan fingerprint density at radius 1 is 1.29 bits per heavy atom. The van der Waals surface area contributed by atoms with E-state index in [1.807, 2.05) is 18.2 Å². The van der Waals surface area contributed by atoms with Gasteiger partial charge < -0.3 is 19.5 Å². The van der Waals surface area contributed by atoms with Crippen LogP contribution in [0.25, 0.3) is 10.9 Å². The van der Waals surface area contributed by atoms with Crippen LogP contribution in [-0.4, -0.2) is 54.8 Å². The van der Waals surface area contributed by atoms with Crippen LogP contribution in [0.2, 0.25) is 0 Å². The van der Waals surface area contributed by atoms with Gasteiger partial charge in [0.1, 0.15) is 0 Å². The molecule has 2 bridgehead atoms. The van der Waals surface area contributed by atoms with Crippen molar-refractivity contribution in [3.05, 3.63) is 36.0 Å². The van der Waals surface area contributed by atoms with E-state index >= 15 is 0 Å².